The van der Waals surface area contributed by atoms with Crippen molar-refractivity contribution in [3.05, 3.63) is 0 Å². The lowest BCUT2D eigenvalue weighted by Gasteiger charge is -2.16. The van der Waals surface area contributed by atoms with Gasteiger partial charge >= 0.3 is 0 Å². The highest BCUT2D eigenvalue weighted by molar-refractivity contribution is 5.83. The summed E-state index contributed by atoms with van der Waals surface area (Å²) in [6, 6.07) is 0. The Morgan fingerprint density at radius 3 is 2.68 bits per heavy atom. The van der Waals surface area contributed by atoms with Gasteiger partial charge < -0.3 is 25.4 Å². The van der Waals surface area contributed by atoms with Crippen molar-refractivity contribution in [2.75, 3.05) is 46.4 Å². The molecule has 1 fully saturated rings. The summed E-state index contributed by atoms with van der Waals surface area (Å²) in [7, 11) is 1.72. The molecule has 1 aliphatic rings. The summed E-state index contributed by atoms with van der Waals surface area (Å²) in [5.74, 6) is 0.220. The topological polar surface area (TPSA) is 108 Å². The number of carboxylic acid groups (broad SMARTS) is 1. The van der Waals surface area contributed by atoms with Gasteiger partial charge in [0.05, 0.1) is 6.54 Å². The molecule has 8 nitrogen and oxygen atoms in total. The number of rotatable bonds is 8. The summed E-state index contributed by atoms with van der Waals surface area (Å²) < 4.78 is 5.04. The van der Waals surface area contributed by atoms with Crippen molar-refractivity contribution < 1.29 is 24.2 Å². The van der Waals surface area contributed by atoms with Crippen LogP contribution in [0.25, 0.3) is 0 Å². The van der Waals surface area contributed by atoms with Crippen LogP contribution < -0.4 is 10.6 Å². The van der Waals surface area contributed by atoms with Crippen molar-refractivity contribution in [1.29, 1.82) is 0 Å². The molecule has 8 heteroatoms. The molecule has 1 rings (SSSR count). The number of nitrogens with one attached hydrogen (secondary N) is 2. The van der Waals surface area contributed by atoms with E-state index >= 15 is 0 Å². The van der Waals surface area contributed by atoms with E-state index in [1.54, 1.807) is 7.11 Å². The molecule has 0 aromatic rings. The average molecular weight is 317 g/mol. The van der Waals surface area contributed by atoms with E-state index in [0.29, 0.717) is 12.5 Å². The molecule has 0 saturated carbocycles. The number of amides is 2. The van der Waals surface area contributed by atoms with Crippen LogP contribution in [0.3, 0.4) is 0 Å². The van der Waals surface area contributed by atoms with Gasteiger partial charge in [-0.05, 0) is 25.3 Å². The second-order valence-electron chi connectivity index (χ2n) is 5.12. The van der Waals surface area contributed by atoms with Crippen LogP contribution in [0.15, 0.2) is 0 Å². The lowest BCUT2D eigenvalue weighted by Crippen LogP contribution is -2.38. The molecule has 1 unspecified atom stereocenters. The van der Waals surface area contributed by atoms with E-state index in [-0.39, 0.29) is 24.8 Å². The Bertz CT molecular complexity index is 338. The van der Waals surface area contributed by atoms with Gasteiger partial charge in [-0.3, -0.25) is 14.4 Å². The number of hydrogen-bond donors (Lipinski definition) is 3. The normalized spacial score (nSPS) is 17.3. The number of likely N-dealkylation sites (tertiary alicyclic amines) is 1. The molecule has 0 aromatic carbocycles. The Morgan fingerprint density at radius 1 is 1.41 bits per heavy atom. The zero-order valence-corrected chi connectivity index (χ0v) is 13.3. The summed E-state index contributed by atoms with van der Waals surface area (Å²) in [4.78, 5) is 32.9. The molecule has 2 amide bonds. The van der Waals surface area contributed by atoms with Crippen LogP contribution in [0.2, 0.25) is 0 Å². The van der Waals surface area contributed by atoms with E-state index in [4.69, 9.17) is 14.6 Å². The first-order valence-electron chi connectivity index (χ1n) is 7.33. The molecule has 1 saturated heterocycles. The molecular formula is C14H27N3O5. The molecule has 1 heterocycles. The van der Waals surface area contributed by atoms with Crippen LogP contribution in [0, 0.1) is 5.92 Å². The average Bonchev–Trinajstić information content (AvgIpc) is 2.92. The summed E-state index contributed by atoms with van der Waals surface area (Å²) in [6.07, 6.45) is 2.17. The van der Waals surface area contributed by atoms with Crippen LogP contribution >= 0.6 is 0 Å². The number of hydrogen-bond acceptors (Lipinski definition) is 5. The second kappa shape index (κ2) is 13.0. The minimum atomic E-state index is -0.250. The SMILES string of the molecule is COCCCN1CCC(CNC(=O)CNC(C)=O)C1.O=CO. The van der Waals surface area contributed by atoms with Gasteiger partial charge in [-0.1, -0.05) is 0 Å². The van der Waals surface area contributed by atoms with Gasteiger partial charge in [0.1, 0.15) is 0 Å². The molecule has 0 aromatic heterocycles. The molecule has 22 heavy (non-hydrogen) atoms. The monoisotopic (exact) mass is 317 g/mol. The maximum absolute atomic E-state index is 11.4. The Labute approximate surface area is 131 Å². The van der Waals surface area contributed by atoms with Gasteiger partial charge in [-0.15, -0.1) is 0 Å². The third kappa shape index (κ3) is 11.0. The van der Waals surface area contributed by atoms with Gasteiger partial charge in [0.25, 0.3) is 6.47 Å². The zero-order chi connectivity index (χ0) is 16.8. The summed E-state index contributed by atoms with van der Waals surface area (Å²) in [6.45, 7) is 5.90. The minimum Gasteiger partial charge on any atom is -0.483 e. The Morgan fingerprint density at radius 2 is 2.09 bits per heavy atom. The van der Waals surface area contributed by atoms with Crippen molar-refractivity contribution in [2.24, 2.45) is 5.92 Å². The maximum atomic E-state index is 11.4. The standard InChI is InChI=1S/C13H25N3O3.CH2O2/c1-11(17)14-9-13(18)15-8-12-4-6-16(10-12)5-3-7-19-2;2-1-3/h12H,3-10H2,1-2H3,(H,14,17)(H,15,18);1H,(H,2,3). The molecule has 0 aliphatic carbocycles. The highest BCUT2D eigenvalue weighted by Crippen LogP contribution is 2.15. The lowest BCUT2D eigenvalue weighted by atomic mass is 10.1. The highest BCUT2D eigenvalue weighted by atomic mass is 16.5. The van der Waals surface area contributed by atoms with E-state index in [1.807, 2.05) is 0 Å². The van der Waals surface area contributed by atoms with Crippen molar-refractivity contribution in [2.45, 2.75) is 19.8 Å². The smallest absolute Gasteiger partial charge is 0.290 e. The highest BCUT2D eigenvalue weighted by Gasteiger charge is 2.22. The van der Waals surface area contributed by atoms with Gasteiger partial charge in [0.15, 0.2) is 0 Å². The van der Waals surface area contributed by atoms with Crippen LogP contribution in [0.1, 0.15) is 19.8 Å². The Kier molecular flexibility index (Phi) is 12.0. The number of carbonyl (C=O) groups excluding carboxylic acids is 2. The first kappa shape index (κ1) is 20.3. The third-order valence-corrected chi connectivity index (χ3v) is 3.28. The fourth-order valence-electron chi connectivity index (χ4n) is 2.24. The van der Waals surface area contributed by atoms with Gasteiger partial charge in [0.2, 0.25) is 11.8 Å². The fourth-order valence-corrected chi connectivity index (χ4v) is 2.24. The Balaban J connectivity index is 0.00000135. The van der Waals surface area contributed by atoms with E-state index in [1.165, 1.54) is 6.92 Å². The molecule has 0 radical (unpaired) electrons. The van der Waals surface area contributed by atoms with Gasteiger partial charge in [-0.25, -0.2) is 0 Å². The van der Waals surface area contributed by atoms with E-state index < -0.39 is 0 Å². The van der Waals surface area contributed by atoms with E-state index in [0.717, 1.165) is 39.1 Å². The number of nitrogens with zero attached hydrogens (tertiary/aromatic N) is 1. The van der Waals surface area contributed by atoms with Gasteiger partial charge in [-0.2, -0.15) is 0 Å². The molecule has 0 spiro atoms. The molecule has 3 N–H and O–H groups in total. The van der Waals surface area contributed by atoms with E-state index in [2.05, 4.69) is 15.5 Å². The molecule has 0 bridgehead atoms. The third-order valence-electron chi connectivity index (χ3n) is 3.28. The number of ether oxygens (including phenoxy) is 1. The molecular weight excluding hydrogens is 290 g/mol. The van der Waals surface area contributed by atoms with Crippen LogP contribution in [-0.4, -0.2) is 74.7 Å². The summed E-state index contributed by atoms with van der Waals surface area (Å²) >= 11 is 0. The molecule has 1 aliphatic heterocycles. The van der Waals surface area contributed by atoms with Gasteiger partial charge in [0, 0.05) is 40.3 Å². The first-order valence-corrected chi connectivity index (χ1v) is 7.33. The van der Waals surface area contributed by atoms with Crippen LogP contribution in [0.5, 0.6) is 0 Å². The largest absolute Gasteiger partial charge is 0.483 e. The van der Waals surface area contributed by atoms with Crippen LogP contribution in [0.4, 0.5) is 0 Å². The van der Waals surface area contributed by atoms with E-state index in [9.17, 15) is 9.59 Å². The molecule has 1 atom stereocenters. The van der Waals surface area contributed by atoms with Crippen molar-refractivity contribution in [1.82, 2.24) is 15.5 Å². The minimum absolute atomic E-state index is 0.0691. The van der Waals surface area contributed by atoms with Crippen molar-refractivity contribution in [3.63, 3.8) is 0 Å². The predicted molar refractivity (Wildman–Crippen MR) is 81.4 cm³/mol. The molecule has 128 valence electrons. The van der Waals surface area contributed by atoms with Crippen LogP contribution in [-0.2, 0) is 19.1 Å². The zero-order valence-electron chi connectivity index (χ0n) is 13.3. The second-order valence-corrected chi connectivity index (χ2v) is 5.12. The van der Waals surface area contributed by atoms with Crippen molar-refractivity contribution in [3.8, 4) is 0 Å². The number of carbonyl (C=O) groups is 3. The maximum Gasteiger partial charge on any atom is 0.290 e. The first-order chi connectivity index (χ1) is 10.5. The summed E-state index contributed by atoms with van der Waals surface area (Å²) in [5.41, 5.74) is 0. The fraction of sp³-hybridized carbons (Fsp3) is 0.786. The Hall–Kier alpha value is -1.67. The lowest BCUT2D eigenvalue weighted by molar-refractivity contribution is -0.125. The number of methoxy groups -OCH3 is 1. The summed E-state index contributed by atoms with van der Waals surface area (Å²) in [5, 5.41) is 12.2. The van der Waals surface area contributed by atoms with Crippen molar-refractivity contribution >= 4 is 18.3 Å². The predicted octanol–water partition coefficient (Wildman–Crippen LogP) is -0.702. The quantitative estimate of drug-likeness (QED) is 0.403.